The maximum absolute atomic E-state index is 11.5. The molecule has 0 fully saturated rings. The van der Waals surface area contributed by atoms with Gasteiger partial charge in [-0.25, -0.2) is 0 Å². The quantitative estimate of drug-likeness (QED) is 0.651. The van der Waals surface area contributed by atoms with Gasteiger partial charge in [0.05, 0.1) is 7.11 Å². The highest BCUT2D eigenvalue weighted by molar-refractivity contribution is 6.30. The number of aliphatic hydroxyl groups is 1. The molecule has 0 spiro atoms. The lowest BCUT2D eigenvalue weighted by Crippen LogP contribution is -2.40. The minimum atomic E-state index is -1.31. The topological polar surface area (TPSA) is 81.8 Å². The van der Waals surface area contributed by atoms with Gasteiger partial charge in [0.15, 0.2) is 12.2 Å². The van der Waals surface area contributed by atoms with Crippen LogP contribution in [0.2, 0.25) is 5.02 Å². The van der Waals surface area contributed by atoms with E-state index in [1.54, 1.807) is 42.5 Å². The average Bonchev–Trinajstić information content (AvgIpc) is 2.63. The third-order valence-electron chi connectivity index (χ3n) is 3.87. The van der Waals surface area contributed by atoms with Crippen molar-refractivity contribution in [2.24, 2.45) is 0 Å². The van der Waals surface area contributed by atoms with Gasteiger partial charge in [-0.05, 0) is 29.8 Å². The van der Waals surface area contributed by atoms with Gasteiger partial charge in [0.25, 0.3) is 6.04 Å². The fourth-order valence-corrected chi connectivity index (χ4v) is 2.81. The van der Waals surface area contributed by atoms with E-state index >= 15 is 0 Å². The third-order valence-corrected chi connectivity index (χ3v) is 4.12. The van der Waals surface area contributed by atoms with Gasteiger partial charge in [-0.3, -0.25) is 10.1 Å². The van der Waals surface area contributed by atoms with Crippen LogP contribution in [0.25, 0.3) is 0 Å². The second-order valence-electron chi connectivity index (χ2n) is 5.21. The predicted octanol–water partition coefficient (Wildman–Crippen LogP) is 4.19. The molecule has 1 N–H and O–H groups in total. The zero-order valence-corrected chi connectivity index (χ0v) is 14.9. The lowest BCUT2D eigenvalue weighted by atomic mass is 9.90. The van der Waals surface area contributed by atoms with E-state index in [-0.39, 0.29) is 0 Å². The third kappa shape index (κ3) is 3.86. The van der Waals surface area contributed by atoms with Crippen molar-refractivity contribution in [2.75, 3.05) is 7.11 Å². The molecule has 1 aliphatic heterocycles. The van der Waals surface area contributed by atoms with Crippen LogP contribution in [-0.2, 0) is 0 Å². The van der Waals surface area contributed by atoms with Crippen LogP contribution in [0.5, 0.6) is 11.5 Å². The van der Waals surface area contributed by atoms with Crippen molar-refractivity contribution in [3.05, 3.63) is 68.7 Å². The number of hydrogen-bond donors (Lipinski definition) is 1. The van der Waals surface area contributed by atoms with Gasteiger partial charge in [-0.1, -0.05) is 37.6 Å². The molecule has 134 valence electrons. The zero-order chi connectivity index (χ0) is 18.6. The molecule has 0 radical (unpaired) electrons. The monoisotopic (exact) mass is 365 g/mol. The van der Waals surface area contributed by atoms with Crippen LogP contribution in [-0.4, -0.2) is 23.2 Å². The Bertz CT molecular complexity index is 735. The molecule has 0 bridgehead atoms. The van der Waals surface area contributed by atoms with Gasteiger partial charge in [-0.2, -0.15) is 0 Å². The van der Waals surface area contributed by atoms with Gasteiger partial charge >= 0.3 is 0 Å². The lowest BCUT2D eigenvalue weighted by molar-refractivity contribution is -0.549. The Hall–Kier alpha value is -2.31. The van der Waals surface area contributed by atoms with Crippen molar-refractivity contribution in [1.82, 2.24) is 0 Å². The average molecular weight is 366 g/mol. The molecule has 0 saturated heterocycles. The van der Waals surface area contributed by atoms with E-state index in [0.29, 0.717) is 27.6 Å². The molecule has 1 heterocycles. The van der Waals surface area contributed by atoms with Gasteiger partial charge in [0.2, 0.25) is 0 Å². The fourth-order valence-electron chi connectivity index (χ4n) is 2.69. The number of methoxy groups -OCH3 is 1. The Morgan fingerprint density at radius 2 is 1.84 bits per heavy atom. The largest absolute Gasteiger partial charge is 0.497 e. The van der Waals surface area contributed by atoms with Crippen LogP contribution in [0.4, 0.5) is 0 Å². The summed E-state index contributed by atoms with van der Waals surface area (Å²) in [6.45, 7) is 4.00. The number of benzene rings is 2. The zero-order valence-electron chi connectivity index (χ0n) is 14.2. The Morgan fingerprint density at radius 1 is 1.20 bits per heavy atom. The summed E-state index contributed by atoms with van der Waals surface area (Å²) < 4.78 is 11.0. The van der Waals surface area contributed by atoms with Crippen molar-refractivity contribution in [2.45, 2.75) is 32.1 Å². The summed E-state index contributed by atoms with van der Waals surface area (Å²) in [5.41, 5.74) is 0.946. The highest BCUT2D eigenvalue weighted by atomic mass is 35.5. The second kappa shape index (κ2) is 8.18. The van der Waals surface area contributed by atoms with E-state index in [4.69, 9.17) is 21.1 Å². The van der Waals surface area contributed by atoms with Crippen LogP contribution < -0.4 is 9.47 Å². The van der Waals surface area contributed by atoms with Crippen LogP contribution in [0.15, 0.2) is 42.5 Å². The Kier molecular flexibility index (Phi) is 6.22. The molecule has 0 saturated carbocycles. The molecule has 6 nitrogen and oxygen atoms in total. The van der Waals surface area contributed by atoms with Crippen molar-refractivity contribution in [3.63, 3.8) is 0 Å². The Morgan fingerprint density at radius 3 is 2.40 bits per heavy atom. The van der Waals surface area contributed by atoms with Crippen LogP contribution >= 0.6 is 11.6 Å². The van der Waals surface area contributed by atoms with E-state index in [2.05, 4.69) is 0 Å². The van der Waals surface area contributed by atoms with Crippen molar-refractivity contribution in [3.8, 4) is 11.5 Å². The van der Waals surface area contributed by atoms with Gasteiger partial charge in [0.1, 0.15) is 11.5 Å². The number of aliphatic hydroxyl groups excluding tert-OH is 1. The smallest absolute Gasteiger partial charge is 0.283 e. The maximum atomic E-state index is 11.5. The summed E-state index contributed by atoms with van der Waals surface area (Å²) in [5, 5.41) is 22.4. The predicted molar refractivity (Wildman–Crippen MR) is 94.9 cm³/mol. The van der Waals surface area contributed by atoms with E-state index in [9.17, 15) is 15.2 Å². The van der Waals surface area contributed by atoms with Crippen molar-refractivity contribution < 1.29 is 19.5 Å². The molecule has 1 aliphatic rings. The molecule has 7 heteroatoms. The number of rotatable bonds is 3. The number of nitrogens with zero attached hydrogens (tertiary/aromatic N) is 1. The molecule has 0 amide bonds. The molecule has 1 unspecified atom stereocenters. The molecular formula is C18H20ClNO5. The highest BCUT2D eigenvalue weighted by Crippen LogP contribution is 2.43. The Balaban J connectivity index is 0.00000109. The summed E-state index contributed by atoms with van der Waals surface area (Å²) in [7, 11) is 1.51. The van der Waals surface area contributed by atoms with Gasteiger partial charge in [0, 0.05) is 21.6 Å². The minimum absolute atomic E-state index is 0.370. The Labute approximate surface area is 151 Å². The fraction of sp³-hybridized carbons (Fsp3) is 0.333. The maximum Gasteiger partial charge on any atom is 0.283 e. The molecule has 25 heavy (non-hydrogen) atoms. The summed E-state index contributed by atoms with van der Waals surface area (Å²) in [5.74, 6) is 0.917. The second-order valence-corrected chi connectivity index (χ2v) is 5.65. The summed E-state index contributed by atoms with van der Waals surface area (Å²) in [6.07, 6.45) is -2.20. The molecule has 2 aromatic carbocycles. The van der Waals surface area contributed by atoms with Crippen molar-refractivity contribution >= 4 is 11.6 Å². The number of fused-ring (bicyclic) bond motifs is 1. The summed E-state index contributed by atoms with van der Waals surface area (Å²) in [6, 6.07) is 10.1. The summed E-state index contributed by atoms with van der Waals surface area (Å²) >= 11 is 5.86. The van der Waals surface area contributed by atoms with Crippen LogP contribution in [0, 0.1) is 10.1 Å². The van der Waals surface area contributed by atoms with Crippen molar-refractivity contribution in [1.29, 1.82) is 0 Å². The van der Waals surface area contributed by atoms with E-state index in [1.165, 1.54) is 7.11 Å². The lowest BCUT2D eigenvalue weighted by Gasteiger charge is -2.32. The first kappa shape index (κ1) is 19.0. The van der Waals surface area contributed by atoms with E-state index in [0.717, 1.165) is 0 Å². The van der Waals surface area contributed by atoms with E-state index in [1.807, 2.05) is 13.8 Å². The molecule has 2 aromatic rings. The number of halogens is 1. The molecule has 0 aliphatic carbocycles. The first-order chi connectivity index (χ1) is 12.0. The van der Waals surface area contributed by atoms with Crippen LogP contribution in [0.1, 0.15) is 37.2 Å². The van der Waals surface area contributed by atoms with Gasteiger partial charge < -0.3 is 14.6 Å². The summed E-state index contributed by atoms with van der Waals surface area (Å²) in [4.78, 5) is 10.9. The van der Waals surface area contributed by atoms with Crippen LogP contribution in [0.3, 0.4) is 0 Å². The number of hydrogen-bond acceptors (Lipinski definition) is 5. The number of ether oxygens (including phenoxy) is 2. The molecule has 3 atom stereocenters. The van der Waals surface area contributed by atoms with E-state index < -0.39 is 23.2 Å². The first-order valence-electron chi connectivity index (χ1n) is 7.93. The normalized spacial score (nSPS) is 21.2. The van der Waals surface area contributed by atoms with Gasteiger partial charge in [-0.15, -0.1) is 0 Å². The first-order valence-corrected chi connectivity index (χ1v) is 8.30. The molecular weight excluding hydrogens is 346 g/mol. The SMILES string of the molecule is CC.COc1ccc2c(c1)O[C@@H](c1ccc(Cl)cc1)C([N+](=O)[O-])[C@H]2O. The minimum Gasteiger partial charge on any atom is -0.497 e. The number of nitro groups is 1. The molecule has 3 rings (SSSR count). The highest BCUT2D eigenvalue weighted by Gasteiger charge is 2.46. The molecule has 0 aromatic heterocycles. The standard InChI is InChI=1S/C16H14ClNO5.C2H6/c1-22-11-6-7-12-13(8-11)23-16(14(15(12)19)18(20)21)9-2-4-10(17)5-3-9;1-2/h2-8,14-16,19H,1H3;1-2H3/t14?,15-,16-;/m0./s1.